The van der Waals surface area contributed by atoms with Crippen molar-refractivity contribution in [2.45, 2.75) is 33.6 Å². The number of nitrogens with zero attached hydrogens (tertiary/aromatic N) is 5. The van der Waals surface area contributed by atoms with E-state index < -0.39 is 0 Å². The number of rotatable bonds is 6. The standard InChI is InChI=1S/C16H20N6S/c1-4-13-8-19-16(23-13)5-6-18-14-9-17-10-15(20-14)22-12(3)7-11(2)21-22/h7-10H,4-6H2,1-3H3,(H,18,20). The number of anilines is 1. The molecule has 0 aliphatic rings. The van der Waals surface area contributed by atoms with Crippen molar-refractivity contribution in [3.05, 3.63) is 45.9 Å². The van der Waals surface area contributed by atoms with E-state index >= 15 is 0 Å². The molecule has 0 amide bonds. The van der Waals surface area contributed by atoms with Gasteiger partial charge in [-0.15, -0.1) is 11.3 Å². The lowest BCUT2D eigenvalue weighted by Gasteiger charge is -2.07. The van der Waals surface area contributed by atoms with E-state index in [1.165, 1.54) is 4.88 Å². The summed E-state index contributed by atoms with van der Waals surface area (Å²) in [6, 6.07) is 2.02. The molecule has 6 nitrogen and oxygen atoms in total. The van der Waals surface area contributed by atoms with Gasteiger partial charge in [-0.05, 0) is 26.3 Å². The van der Waals surface area contributed by atoms with Crippen LogP contribution in [0.5, 0.6) is 0 Å². The SMILES string of the molecule is CCc1cnc(CCNc2cncc(-n3nc(C)cc3C)n2)s1. The Bertz CT molecular complexity index is 791. The Hall–Kier alpha value is -2.28. The Labute approximate surface area is 139 Å². The lowest BCUT2D eigenvalue weighted by atomic mass is 10.4. The molecular weight excluding hydrogens is 308 g/mol. The van der Waals surface area contributed by atoms with Crippen LogP contribution in [0.25, 0.3) is 5.82 Å². The Morgan fingerprint density at radius 1 is 1.22 bits per heavy atom. The fourth-order valence-electron chi connectivity index (χ4n) is 2.33. The fraction of sp³-hybridized carbons (Fsp3) is 0.375. The molecule has 120 valence electrons. The molecule has 0 atom stereocenters. The number of aromatic nitrogens is 5. The van der Waals surface area contributed by atoms with Gasteiger partial charge in [-0.1, -0.05) is 6.92 Å². The highest BCUT2D eigenvalue weighted by Crippen LogP contribution is 2.14. The van der Waals surface area contributed by atoms with E-state index in [1.54, 1.807) is 23.7 Å². The van der Waals surface area contributed by atoms with Gasteiger partial charge in [0.2, 0.25) is 0 Å². The largest absolute Gasteiger partial charge is 0.368 e. The number of aryl methyl sites for hydroxylation is 3. The first-order chi connectivity index (χ1) is 11.2. The van der Waals surface area contributed by atoms with Crippen LogP contribution in [0.1, 0.15) is 28.2 Å². The molecule has 7 heteroatoms. The summed E-state index contributed by atoms with van der Waals surface area (Å²) in [5.41, 5.74) is 2.02. The highest BCUT2D eigenvalue weighted by atomic mass is 32.1. The van der Waals surface area contributed by atoms with Gasteiger partial charge in [-0.25, -0.2) is 14.6 Å². The van der Waals surface area contributed by atoms with Gasteiger partial charge in [-0.3, -0.25) is 4.98 Å². The summed E-state index contributed by atoms with van der Waals surface area (Å²) >= 11 is 1.77. The smallest absolute Gasteiger partial charge is 0.174 e. The summed E-state index contributed by atoms with van der Waals surface area (Å²) in [5, 5.41) is 8.90. The molecule has 0 aliphatic heterocycles. The summed E-state index contributed by atoms with van der Waals surface area (Å²) in [6.07, 6.45) is 7.34. The minimum absolute atomic E-state index is 0.725. The van der Waals surface area contributed by atoms with E-state index in [0.29, 0.717) is 0 Å². The fourth-order valence-corrected chi connectivity index (χ4v) is 3.19. The van der Waals surface area contributed by atoms with Gasteiger partial charge in [-0.2, -0.15) is 5.10 Å². The first-order valence-electron chi connectivity index (χ1n) is 7.69. The molecule has 0 aliphatic carbocycles. The summed E-state index contributed by atoms with van der Waals surface area (Å²) in [6.45, 7) is 6.91. The maximum atomic E-state index is 4.58. The Kier molecular flexibility index (Phi) is 4.66. The molecule has 23 heavy (non-hydrogen) atoms. The van der Waals surface area contributed by atoms with Gasteiger partial charge >= 0.3 is 0 Å². The highest BCUT2D eigenvalue weighted by Gasteiger charge is 2.07. The average Bonchev–Trinajstić information content (AvgIpc) is 3.13. The summed E-state index contributed by atoms with van der Waals surface area (Å²) in [5.74, 6) is 1.48. The molecule has 0 unspecified atom stereocenters. The van der Waals surface area contributed by atoms with Gasteiger partial charge in [0.1, 0.15) is 5.82 Å². The third kappa shape index (κ3) is 3.73. The van der Waals surface area contributed by atoms with Crippen molar-refractivity contribution in [3.8, 4) is 5.82 Å². The lowest BCUT2D eigenvalue weighted by Crippen LogP contribution is -2.09. The highest BCUT2D eigenvalue weighted by molar-refractivity contribution is 7.11. The second kappa shape index (κ2) is 6.87. The lowest BCUT2D eigenvalue weighted by molar-refractivity contribution is 0.798. The van der Waals surface area contributed by atoms with Gasteiger partial charge in [0.05, 0.1) is 23.1 Å². The molecular formula is C16H20N6S. The van der Waals surface area contributed by atoms with E-state index in [0.717, 1.165) is 47.4 Å². The van der Waals surface area contributed by atoms with Crippen LogP contribution in [0.3, 0.4) is 0 Å². The van der Waals surface area contributed by atoms with Crippen LogP contribution in [0.4, 0.5) is 5.82 Å². The van der Waals surface area contributed by atoms with Crippen molar-refractivity contribution >= 4 is 17.2 Å². The molecule has 0 spiro atoms. The Balaban J connectivity index is 1.64. The predicted molar refractivity (Wildman–Crippen MR) is 92.3 cm³/mol. The van der Waals surface area contributed by atoms with Crippen LogP contribution in [-0.4, -0.2) is 31.3 Å². The zero-order valence-corrected chi connectivity index (χ0v) is 14.4. The molecule has 0 saturated heterocycles. The van der Waals surface area contributed by atoms with E-state index in [4.69, 9.17) is 0 Å². The minimum atomic E-state index is 0.725. The second-order valence-electron chi connectivity index (χ2n) is 5.35. The van der Waals surface area contributed by atoms with E-state index in [2.05, 4.69) is 32.3 Å². The number of hydrogen-bond donors (Lipinski definition) is 1. The van der Waals surface area contributed by atoms with E-state index in [-0.39, 0.29) is 0 Å². The topological polar surface area (TPSA) is 68.5 Å². The Morgan fingerprint density at radius 2 is 2.09 bits per heavy atom. The first kappa shape index (κ1) is 15.6. The quantitative estimate of drug-likeness (QED) is 0.753. The number of nitrogens with one attached hydrogen (secondary N) is 1. The van der Waals surface area contributed by atoms with Crippen molar-refractivity contribution < 1.29 is 0 Å². The van der Waals surface area contributed by atoms with Crippen molar-refractivity contribution in [2.75, 3.05) is 11.9 Å². The molecule has 1 N–H and O–H groups in total. The Morgan fingerprint density at radius 3 is 2.78 bits per heavy atom. The molecule has 3 rings (SSSR count). The molecule has 0 aromatic carbocycles. The number of hydrogen-bond acceptors (Lipinski definition) is 6. The maximum absolute atomic E-state index is 4.58. The molecule has 0 radical (unpaired) electrons. The van der Waals surface area contributed by atoms with Gasteiger partial charge in [0.25, 0.3) is 0 Å². The zero-order valence-electron chi connectivity index (χ0n) is 13.6. The average molecular weight is 328 g/mol. The van der Waals surface area contributed by atoms with Crippen molar-refractivity contribution in [2.24, 2.45) is 0 Å². The molecule has 3 aromatic rings. The molecule has 3 heterocycles. The van der Waals surface area contributed by atoms with Gasteiger partial charge in [0.15, 0.2) is 5.82 Å². The van der Waals surface area contributed by atoms with Crippen LogP contribution in [0.15, 0.2) is 24.7 Å². The maximum Gasteiger partial charge on any atom is 0.174 e. The summed E-state index contributed by atoms with van der Waals surface area (Å²) in [4.78, 5) is 14.6. The van der Waals surface area contributed by atoms with Crippen LogP contribution < -0.4 is 5.32 Å². The van der Waals surface area contributed by atoms with Crippen molar-refractivity contribution in [1.29, 1.82) is 0 Å². The predicted octanol–water partition coefficient (Wildman–Crippen LogP) is 2.95. The van der Waals surface area contributed by atoms with Crippen LogP contribution in [0.2, 0.25) is 0 Å². The molecule has 0 fully saturated rings. The molecule has 0 bridgehead atoms. The van der Waals surface area contributed by atoms with Crippen LogP contribution >= 0.6 is 11.3 Å². The second-order valence-corrected chi connectivity index (χ2v) is 6.55. The van der Waals surface area contributed by atoms with Gasteiger partial charge in [0, 0.05) is 29.7 Å². The summed E-state index contributed by atoms with van der Waals surface area (Å²) < 4.78 is 1.81. The molecule has 3 aromatic heterocycles. The minimum Gasteiger partial charge on any atom is -0.368 e. The third-order valence-corrected chi connectivity index (χ3v) is 4.64. The first-order valence-corrected chi connectivity index (χ1v) is 8.50. The molecule has 0 saturated carbocycles. The third-order valence-electron chi connectivity index (χ3n) is 3.44. The normalized spacial score (nSPS) is 10.9. The van der Waals surface area contributed by atoms with Crippen molar-refractivity contribution in [1.82, 2.24) is 24.7 Å². The monoisotopic (exact) mass is 328 g/mol. The van der Waals surface area contributed by atoms with Crippen LogP contribution in [-0.2, 0) is 12.8 Å². The van der Waals surface area contributed by atoms with Crippen LogP contribution in [0, 0.1) is 13.8 Å². The zero-order chi connectivity index (χ0) is 16.2. The number of thiazole rings is 1. The summed E-state index contributed by atoms with van der Waals surface area (Å²) in [7, 11) is 0. The van der Waals surface area contributed by atoms with Gasteiger partial charge < -0.3 is 5.32 Å². The van der Waals surface area contributed by atoms with Crippen molar-refractivity contribution in [3.63, 3.8) is 0 Å². The van der Waals surface area contributed by atoms with E-state index in [1.807, 2.05) is 30.8 Å². The van der Waals surface area contributed by atoms with E-state index in [9.17, 15) is 0 Å².